The van der Waals surface area contributed by atoms with Crippen molar-refractivity contribution in [3.8, 4) is 0 Å². The van der Waals surface area contributed by atoms with Gasteiger partial charge in [0.15, 0.2) is 0 Å². The van der Waals surface area contributed by atoms with Crippen LogP contribution in [0.25, 0.3) is 0 Å². The number of hydrogen-bond acceptors (Lipinski definition) is 4. The van der Waals surface area contributed by atoms with Gasteiger partial charge in [-0.25, -0.2) is 4.39 Å². The summed E-state index contributed by atoms with van der Waals surface area (Å²) in [5.41, 5.74) is 5.00. The molecule has 1 saturated heterocycles. The largest absolute Gasteiger partial charge is 0.466 e. The number of alkyl halides is 1. The average Bonchev–Trinajstić information content (AvgIpc) is 3.00. The summed E-state index contributed by atoms with van der Waals surface area (Å²) in [7, 11) is 0. The number of piperidine rings is 1. The summed E-state index contributed by atoms with van der Waals surface area (Å²) >= 11 is 0. The van der Waals surface area contributed by atoms with Gasteiger partial charge in [-0.15, -0.1) is 0 Å². The highest BCUT2D eigenvalue weighted by Gasteiger charge is 2.47. The van der Waals surface area contributed by atoms with E-state index in [-0.39, 0.29) is 11.9 Å². The summed E-state index contributed by atoms with van der Waals surface area (Å²) in [5.74, 6) is -0.542. The number of carbonyl (C=O) groups excluding carboxylic acids is 1. The Hall–Kier alpha value is -0.680. The third kappa shape index (κ3) is 2.96. The molecule has 98 valence electrons. The molecule has 2 atom stereocenters. The van der Waals surface area contributed by atoms with E-state index < -0.39 is 11.8 Å². The number of hydrogen-bond donors (Lipinski definition) is 1. The van der Waals surface area contributed by atoms with Gasteiger partial charge in [-0.2, -0.15) is 0 Å². The molecule has 0 radical (unpaired) electrons. The molecule has 2 N–H and O–H groups in total. The van der Waals surface area contributed by atoms with Crippen molar-refractivity contribution in [2.45, 2.75) is 44.4 Å². The highest BCUT2D eigenvalue weighted by molar-refractivity contribution is 5.73. The number of carbonyl (C=O) groups is 1. The van der Waals surface area contributed by atoms with Crippen LogP contribution in [-0.2, 0) is 9.53 Å². The number of rotatable bonds is 4. The summed E-state index contributed by atoms with van der Waals surface area (Å²) in [6.45, 7) is 3.30. The second-order valence-corrected chi connectivity index (χ2v) is 5.11. The SMILES string of the molecule is CCOC(=O)C1CCCN(CC2(F)CC2)C1N. The minimum atomic E-state index is -1.05. The van der Waals surface area contributed by atoms with Crippen LogP contribution in [0.5, 0.6) is 0 Å². The van der Waals surface area contributed by atoms with Gasteiger partial charge in [-0.3, -0.25) is 9.69 Å². The lowest BCUT2D eigenvalue weighted by Gasteiger charge is -2.38. The molecule has 0 aromatic heterocycles. The minimum Gasteiger partial charge on any atom is -0.466 e. The lowest BCUT2D eigenvalue weighted by Crippen LogP contribution is -2.55. The standard InChI is InChI=1S/C12H21FN2O2/c1-2-17-11(16)9-4-3-7-15(10(9)14)8-12(13)5-6-12/h9-10H,2-8,14H2,1H3. The number of ether oxygens (including phenoxy) is 1. The zero-order valence-corrected chi connectivity index (χ0v) is 10.3. The van der Waals surface area contributed by atoms with Crippen molar-refractivity contribution in [3.05, 3.63) is 0 Å². The Kier molecular flexibility index (Phi) is 3.68. The van der Waals surface area contributed by atoms with Crippen LogP contribution in [0.15, 0.2) is 0 Å². The monoisotopic (exact) mass is 244 g/mol. The zero-order chi connectivity index (χ0) is 12.5. The van der Waals surface area contributed by atoms with Gasteiger partial charge in [0.05, 0.1) is 18.7 Å². The van der Waals surface area contributed by atoms with Crippen LogP contribution in [0.4, 0.5) is 4.39 Å². The molecule has 2 rings (SSSR count). The van der Waals surface area contributed by atoms with E-state index in [0.717, 1.165) is 19.4 Å². The summed E-state index contributed by atoms with van der Waals surface area (Å²) in [6, 6.07) is 0. The number of nitrogens with two attached hydrogens (primary N) is 1. The van der Waals surface area contributed by atoms with E-state index in [1.807, 2.05) is 4.90 Å². The molecule has 0 bridgehead atoms. The number of esters is 1. The van der Waals surface area contributed by atoms with E-state index in [1.54, 1.807) is 6.92 Å². The molecule has 0 amide bonds. The molecule has 1 heterocycles. The van der Waals surface area contributed by atoms with Crippen molar-refractivity contribution in [1.82, 2.24) is 4.90 Å². The Morgan fingerprint density at radius 2 is 2.29 bits per heavy atom. The van der Waals surface area contributed by atoms with Crippen LogP contribution in [0.3, 0.4) is 0 Å². The number of likely N-dealkylation sites (tertiary alicyclic amines) is 1. The fourth-order valence-electron chi connectivity index (χ4n) is 2.44. The van der Waals surface area contributed by atoms with Crippen LogP contribution < -0.4 is 5.73 Å². The molecule has 2 unspecified atom stereocenters. The average molecular weight is 244 g/mol. The van der Waals surface area contributed by atoms with Crippen LogP contribution in [-0.4, -0.2) is 42.4 Å². The van der Waals surface area contributed by atoms with Crippen LogP contribution in [0.1, 0.15) is 32.6 Å². The van der Waals surface area contributed by atoms with E-state index in [2.05, 4.69) is 0 Å². The number of nitrogens with zero attached hydrogens (tertiary/aromatic N) is 1. The van der Waals surface area contributed by atoms with Gasteiger partial charge >= 0.3 is 5.97 Å². The highest BCUT2D eigenvalue weighted by Crippen LogP contribution is 2.41. The van der Waals surface area contributed by atoms with E-state index >= 15 is 0 Å². The molecule has 1 aliphatic carbocycles. The fraction of sp³-hybridized carbons (Fsp3) is 0.917. The van der Waals surface area contributed by atoms with Gasteiger partial charge in [0.2, 0.25) is 0 Å². The third-order valence-corrected chi connectivity index (χ3v) is 3.66. The van der Waals surface area contributed by atoms with Gasteiger partial charge in [-0.1, -0.05) is 0 Å². The van der Waals surface area contributed by atoms with E-state index in [9.17, 15) is 9.18 Å². The first-order valence-electron chi connectivity index (χ1n) is 6.41. The molecule has 0 aromatic carbocycles. The molecule has 1 aliphatic heterocycles. The summed E-state index contributed by atoms with van der Waals surface area (Å²) in [5, 5.41) is 0. The quantitative estimate of drug-likeness (QED) is 0.751. The van der Waals surface area contributed by atoms with Crippen LogP contribution in [0, 0.1) is 5.92 Å². The topological polar surface area (TPSA) is 55.6 Å². The zero-order valence-electron chi connectivity index (χ0n) is 10.3. The van der Waals surface area contributed by atoms with Gasteiger partial charge in [-0.05, 0) is 39.2 Å². The predicted molar refractivity (Wildman–Crippen MR) is 62.0 cm³/mol. The molecular weight excluding hydrogens is 223 g/mol. The third-order valence-electron chi connectivity index (χ3n) is 3.66. The van der Waals surface area contributed by atoms with Crippen molar-refractivity contribution in [2.24, 2.45) is 11.7 Å². The van der Waals surface area contributed by atoms with Crippen molar-refractivity contribution >= 4 is 5.97 Å². The predicted octanol–water partition coefficient (Wildman–Crippen LogP) is 1.05. The van der Waals surface area contributed by atoms with Crippen LogP contribution in [0.2, 0.25) is 0 Å². The van der Waals surface area contributed by atoms with E-state index in [0.29, 0.717) is 26.0 Å². The van der Waals surface area contributed by atoms with Crippen molar-refractivity contribution in [2.75, 3.05) is 19.7 Å². The van der Waals surface area contributed by atoms with Gasteiger partial charge in [0.25, 0.3) is 0 Å². The highest BCUT2D eigenvalue weighted by atomic mass is 19.1. The second-order valence-electron chi connectivity index (χ2n) is 5.11. The van der Waals surface area contributed by atoms with E-state index in [4.69, 9.17) is 10.5 Å². The Bertz CT molecular complexity index is 294. The van der Waals surface area contributed by atoms with Crippen molar-refractivity contribution in [1.29, 1.82) is 0 Å². The lowest BCUT2D eigenvalue weighted by atomic mass is 9.94. The molecule has 17 heavy (non-hydrogen) atoms. The van der Waals surface area contributed by atoms with Crippen molar-refractivity contribution in [3.63, 3.8) is 0 Å². The smallest absolute Gasteiger partial charge is 0.311 e. The second kappa shape index (κ2) is 4.90. The maximum atomic E-state index is 13.7. The van der Waals surface area contributed by atoms with Gasteiger partial charge < -0.3 is 10.5 Å². The minimum absolute atomic E-state index is 0.242. The summed E-state index contributed by atoms with van der Waals surface area (Å²) < 4.78 is 18.7. The number of halogens is 1. The fourth-order valence-corrected chi connectivity index (χ4v) is 2.44. The molecule has 5 heteroatoms. The molecular formula is C12H21FN2O2. The molecule has 1 saturated carbocycles. The molecule has 2 aliphatic rings. The Morgan fingerprint density at radius 1 is 1.59 bits per heavy atom. The summed E-state index contributed by atoms with van der Waals surface area (Å²) in [4.78, 5) is 13.6. The summed E-state index contributed by atoms with van der Waals surface area (Å²) in [6.07, 6.45) is 2.49. The van der Waals surface area contributed by atoms with Gasteiger partial charge in [0.1, 0.15) is 5.67 Å². The maximum absolute atomic E-state index is 13.7. The van der Waals surface area contributed by atoms with Crippen LogP contribution >= 0.6 is 0 Å². The Morgan fingerprint density at radius 3 is 2.88 bits per heavy atom. The molecule has 0 aromatic rings. The molecule has 0 spiro atoms. The maximum Gasteiger partial charge on any atom is 0.311 e. The Balaban J connectivity index is 1.93. The Labute approximate surface area is 101 Å². The van der Waals surface area contributed by atoms with Crippen molar-refractivity contribution < 1.29 is 13.9 Å². The first-order valence-corrected chi connectivity index (χ1v) is 6.41. The molecule has 2 fully saturated rings. The first-order chi connectivity index (χ1) is 8.06. The van der Waals surface area contributed by atoms with E-state index in [1.165, 1.54) is 0 Å². The normalized spacial score (nSPS) is 32.2. The molecule has 4 nitrogen and oxygen atoms in total. The van der Waals surface area contributed by atoms with Gasteiger partial charge in [0, 0.05) is 6.54 Å². The first kappa shape index (κ1) is 12.8. The lowest BCUT2D eigenvalue weighted by molar-refractivity contribution is -0.152.